The van der Waals surface area contributed by atoms with Crippen LogP contribution in [-0.2, 0) is 4.79 Å². The van der Waals surface area contributed by atoms with Crippen molar-refractivity contribution in [2.75, 3.05) is 11.9 Å². The van der Waals surface area contributed by atoms with Crippen molar-refractivity contribution in [2.45, 2.75) is 32.4 Å². The Morgan fingerprint density at radius 2 is 1.88 bits per heavy atom. The highest BCUT2D eigenvalue weighted by molar-refractivity contribution is 5.97. The average Bonchev–Trinajstić information content (AvgIpc) is 2.55. The van der Waals surface area contributed by atoms with Crippen molar-refractivity contribution in [2.24, 2.45) is 5.73 Å². The molecule has 0 radical (unpaired) electrons. The number of hydrogen-bond acceptors (Lipinski definition) is 4. The molecule has 0 aliphatic carbocycles. The summed E-state index contributed by atoms with van der Waals surface area (Å²) in [6.07, 6.45) is 0.120. The van der Waals surface area contributed by atoms with Gasteiger partial charge < -0.3 is 20.9 Å². The van der Waals surface area contributed by atoms with Crippen LogP contribution in [0.15, 0.2) is 48.5 Å². The molecule has 1 atom stereocenters. The number of aliphatic hydroxyl groups is 1. The molecule has 2 aromatic carbocycles. The molecule has 0 saturated heterocycles. The number of benzene rings is 2. The number of aliphatic hydroxyl groups excluding tert-OH is 1. The van der Waals surface area contributed by atoms with Gasteiger partial charge in [0.1, 0.15) is 11.3 Å². The van der Waals surface area contributed by atoms with Gasteiger partial charge in [-0.3, -0.25) is 4.79 Å². The van der Waals surface area contributed by atoms with E-state index in [9.17, 15) is 4.79 Å². The van der Waals surface area contributed by atoms with Crippen LogP contribution in [0.4, 0.5) is 5.69 Å². The van der Waals surface area contributed by atoms with Gasteiger partial charge in [0, 0.05) is 5.69 Å². The fraction of sp³-hybridized carbons (Fsp3) is 0.316. The van der Waals surface area contributed by atoms with Gasteiger partial charge in [-0.25, -0.2) is 0 Å². The molecule has 4 N–H and O–H groups in total. The summed E-state index contributed by atoms with van der Waals surface area (Å²) in [5.41, 5.74) is 7.08. The van der Waals surface area contributed by atoms with Gasteiger partial charge >= 0.3 is 0 Å². The van der Waals surface area contributed by atoms with Crippen molar-refractivity contribution in [3.05, 3.63) is 48.5 Å². The second-order valence-electron chi connectivity index (χ2n) is 6.30. The highest BCUT2D eigenvalue weighted by Crippen LogP contribution is 2.26. The first-order valence-corrected chi connectivity index (χ1v) is 7.90. The summed E-state index contributed by atoms with van der Waals surface area (Å²) in [7, 11) is 0. The molecule has 2 aromatic rings. The summed E-state index contributed by atoms with van der Waals surface area (Å²) in [5.74, 6) is 0.395. The molecular formula is C19H24N2O3. The van der Waals surface area contributed by atoms with E-state index >= 15 is 0 Å². The van der Waals surface area contributed by atoms with Crippen LogP contribution in [-0.4, -0.2) is 29.3 Å². The summed E-state index contributed by atoms with van der Waals surface area (Å²) in [4.78, 5) is 12.0. The van der Waals surface area contributed by atoms with Crippen molar-refractivity contribution in [1.82, 2.24) is 0 Å². The minimum atomic E-state index is -1.30. The maximum atomic E-state index is 12.0. The molecule has 0 aromatic heterocycles. The Balaban J connectivity index is 2.13. The number of nitrogens with one attached hydrogen (secondary N) is 1. The molecule has 0 aliphatic rings. The predicted molar refractivity (Wildman–Crippen MR) is 95.9 cm³/mol. The number of anilines is 1. The molecule has 1 unspecified atom stereocenters. The quantitative estimate of drug-likeness (QED) is 0.761. The standard InChI is InChI=1S/C19H24N2O3/c1-13(2)24-17-6-4-5-15(11-17)14-7-9-16(10-8-14)21-18(23)19(3,20)12-22/h4-11,13,22H,12,20H2,1-3H3,(H,21,23). The predicted octanol–water partition coefficient (Wildman–Crippen LogP) is 2.79. The molecule has 0 aliphatic heterocycles. The van der Waals surface area contributed by atoms with Gasteiger partial charge in [0.15, 0.2) is 0 Å². The topological polar surface area (TPSA) is 84.6 Å². The van der Waals surface area contributed by atoms with E-state index < -0.39 is 18.1 Å². The number of carbonyl (C=O) groups is 1. The number of amides is 1. The van der Waals surface area contributed by atoms with Crippen LogP contribution >= 0.6 is 0 Å². The first kappa shape index (κ1) is 18.0. The molecule has 5 nitrogen and oxygen atoms in total. The van der Waals surface area contributed by atoms with E-state index in [1.165, 1.54) is 6.92 Å². The average molecular weight is 328 g/mol. The smallest absolute Gasteiger partial charge is 0.246 e. The number of carbonyl (C=O) groups excluding carboxylic acids is 1. The Morgan fingerprint density at radius 3 is 2.46 bits per heavy atom. The van der Waals surface area contributed by atoms with Gasteiger partial charge in [-0.2, -0.15) is 0 Å². The van der Waals surface area contributed by atoms with Crippen LogP contribution in [0.3, 0.4) is 0 Å². The summed E-state index contributed by atoms with van der Waals surface area (Å²) >= 11 is 0. The second-order valence-corrected chi connectivity index (χ2v) is 6.30. The molecule has 0 spiro atoms. The Hall–Kier alpha value is -2.37. The maximum Gasteiger partial charge on any atom is 0.246 e. The minimum absolute atomic E-state index is 0.120. The number of nitrogens with two attached hydrogens (primary N) is 1. The Labute approximate surface area is 142 Å². The third-order valence-electron chi connectivity index (χ3n) is 3.53. The van der Waals surface area contributed by atoms with Crippen molar-refractivity contribution in [3.63, 3.8) is 0 Å². The van der Waals surface area contributed by atoms with Crippen LogP contribution in [0.5, 0.6) is 5.75 Å². The number of ether oxygens (including phenoxy) is 1. The minimum Gasteiger partial charge on any atom is -0.491 e. The van der Waals surface area contributed by atoms with E-state index in [0.29, 0.717) is 5.69 Å². The van der Waals surface area contributed by atoms with Gasteiger partial charge in [0.05, 0.1) is 12.7 Å². The Morgan fingerprint density at radius 1 is 1.21 bits per heavy atom. The first-order chi connectivity index (χ1) is 11.3. The fourth-order valence-electron chi connectivity index (χ4n) is 2.11. The SMILES string of the molecule is CC(C)Oc1cccc(-c2ccc(NC(=O)C(C)(N)CO)cc2)c1. The molecule has 1 amide bonds. The van der Waals surface area contributed by atoms with Gasteiger partial charge in [-0.1, -0.05) is 24.3 Å². The van der Waals surface area contributed by atoms with E-state index in [1.54, 1.807) is 12.1 Å². The lowest BCUT2D eigenvalue weighted by Gasteiger charge is -2.20. The maximum absolute atomic E-state index is 12.0. The molecule has 24 heavy (non-hydrogen) atoms. The Bertz CT molecular complexity index is 694. The lowest BCUT2D eigenvalue weighted by atomic mass is 10.0. The summed E-state index contributed by atoms with van der Waals surface area (Å²) in [6, 6.07) is 15.3. The summed E-state index contributed by atoms with van der Waals surface area (Å²) in [5, 5.41) is 11.8. The zero-order valence-corrected chi connectivity index (χ0v) is 14.2. The summed E-state index contributed by atoms with van der Waals surface area (Å²) in [6.45, 7) is 5.04. The molecule has 0 bridgehead atoms. The van der Waals surface area contributed by atoms with E-state index in [2.05, 4.69) is 5.32 Å². The van der Waals surface area contributed by atoms with Crippen LogP contribution < -0.4 is 15.8 Å². The van der Waals surface area contributed by atoms with Crippen molar-refractivity contribution in [3.8, 4) is 16.9 Å². The summed E-state index contributed by atoms with van der Waals surface area (Å²) < 4.78 is 5.71. The third-order valence-corrected chi connectivity index (χ3v) is 3.53. The molecule has 128 valence electrons. The van der Waals surface area contributed by atoms with Gasteiger partial charge in [-0.15, -0.1) is 0 Å². The van der Waals surface area contributed by atoms with Crippen molar-refractivity contribution < 1.29 is 14.6 Å². The van der Waals surface area contributed by atoms with Crippen LogP contribution in [0.1, 0.15) is 20.8 Å². The normalized spacial score (nSPS) is 13.4. The fourth-order valence-corrected chi connectivity index (χ4v) is 2.11. The van der Waals surface area contributed by atoms with E-state index in [0.717, 1.165) is 16.9 Å². The lowest BCUT2D eigenvalue weighted by Crippen LogP contribution is -2.51. The zero-order valence-electron chi connectivity index (χ0n) is 14.2. The molecular weight excluding hydrogens is 304 g/mol. The third kappa shape index (κ3) is 4.57. The lowest BCUT2D eigenvalue weighted by molar-refractivity contribution is -0.121. The highest BCUT2D eigenvalue weighted by atomic mass is 16.5. The zero-order chi connectivity index (χ0) is 17.7. The van der Waals surface area contributed by atoms with Crippen LogP contribution in [0.25, 0.3) is 11.1 Å². The van der Waals surface area contributed by atoms with Crippen molar-refractivity contribution in [1.29, 1.82) is 0 Å². The van der Waals surface area contributed by atoms with E-state index in [-0.39, 0.29) is 6.10 Å². The molecule has 0 fully saturated rings. The highest BCUT2D eigenvalue weighted by Gasteiger charge is 2.27. The van der Waals surface area contributed by atoms with Gasteiger partial charge in [0.2, 0.25) is 5.91 Å². The largest absolute Gasteiger partial charge is 0.491 e. The number of hydrogen-bond donors (Lipinski definition) is 3. The Kier molecular flexibility index (Phi) is 5.59. The van der Waals surface area contributed by atoms with Crippen LogP contribution in [0, 0.1) is 0 Å². The number of rotatable bonds is 6. The van der Waals surface area contributed by atoms with E-state index in [4.69, 9.17) is 15.6 Å². The molecule has 5 heteroatoms. The van der Waals surface area contributed by atoms with Crippen LogP contribution in [0.2, 0.25) is 0 Å². The molecule has 0 heterocycles. The first-order valence-electron chi connectivity index (χ1n) is 7.90. The monoisotopic (exact) mass is 328 g/mol. The van der Waals surface area contributed by atoms with Gasteiger partial charge in [0.25, 0.3) is 0 Å². The van der Waals surface area contributed by atoms with Gasteiger partial charge in [-0.05, 0) is 56.2 Å². The molecule has 2 rings (SSSR count). The van der Waals surface area contributed by atoms with E-state index in [1.807, 2.05) is 50.2 Å². The molecule has 0 saturated carbocycles. The van der Waals surface area contributed by atoms with Crippen molar-refractivity contribution >= 4 is 11.6 Å². The second kappa shape index (κ2) is 7.47.